The van der Waals surface area contributed by atoms with Crippen molar-refractivity contribution >= 4 is 11.6 Å². The molecule has 0 aliphatic heterocycles. The predicted molar refractivity (Wildman–Crippen MR) is 84.9 cm³/mol. The van der Waals surface area contributed by atoms with Gasteiger partial charge in [-0.3, -0.25) is 4.79 Å². The summed E-state index contributed by atoms with van der Waals surface area (Å²) in [5, 5.41) is 11.8. The summed E-state index contributed by atoms with van der Waals surface area (Å²) in [6.45, 7) is 4.22. The largest absolute Gasteiger partial charge is 0.395 e. The summed E-state index contributed by atoms with van der Waals surface area (Å²) in [6.07, 6.45) is 3.78. The smallest absolute Gasteiger partial charge is 0.227 e. The van der Waals surface area contributed by atoms with Crippen LogP contribution in [0, 0.1) is 30.6 Å². The third kappa shape index (κ3) is 4.09. The van der Waals surface area contributed by atoms with Gasteiger partial charge in [0.1, 0.15) is 0 Å². The molecule has 1 aromatic rings. The highest BCUT2D eigenvalue weighted by molar-refractivity contribution is 5.93. The fourth-order valence-electron chi connectivity index (χ4n) is 2.87. The van der Waals surface area contributed by atoms with E-state index in [-0.39, 0.29) is 18.4 Å². The van der Waals surface area contributed by atoms with Crippen molar-refractivity contribution in [1.82, 2.24) is 0 Å². The summed E-state index contributed by atoms with van der Waals surface area (Å²) < 4.78 is 0. The van der Waals surface area contributed by atoms with Crippen LogP contribution < -0.4 is 5.32 Å². The lowest BCUT2D eigenvalue weighted by Crippen LogP contribution is -2.24. The van der Waals surface area contributed by atoms with Gasteiger partial charge in [0.2, 0.25) is 5.91 Å². The summed E-state index contributed by atoms with van der Waals surface area (Å²) >= 11 is 0. The van der Waals surface area contributed by atoms with Gasteiger partial charge in [-0.05, 0) is 49.4 Å². The van der Waals surface area contributed by atoms with Crippen molar-refractivity contribution < 1.29 is 9.90 Å². The normalized spacial score (nSPS) is 20.7. The first-order valence-electron chi connectivity index (χ1n) is 7.63. The topological polar surface area (TPSA) is 49.3 Å². The molecule has 0 bridgehead atoms. The van der Waals surface area contributed by atoms with Crippen molar-refractivity contribution in [3.05, 3.63) is 29.3 Å². The zero-order valence-electron chi connectivity index (χ0n) is 12.8. The van der Waals surface area contributed by atoms with Gasteiger partial charge in [-0.1, -0.05) is 25.2 Å². The number of aliphatic hydroxyl groups excluding tert-OH is 1. The second-order valence-corrected chi connectivity index (χ2v) is 5.81. The molecular weight excluding hydrogens is 262 g/mol. The first-order valence-corrected chi connectivity index (χ1v) is 7.63. The molecule has 1 aliphatic rings. The Bertz CT molecular complexity index is 568. The Morgan fingerprint density at radius 2 is 2.24 bits per heavy atom. The van der Waals surface area contributed by atoms with E-state index in [1.165, 1.54) is 0 Å². The van der Waals surface area contributed by atoms with Gasteiger partial charge in [-0.25, -0.2) is 0 Å². The Morgan fingerprint density at radius 3 is 2.86 bits per heavy atom. The van der Waals surface area contributed by atoms with Gasteiger partial charge in [0.05, 0.1) is 6.61 Å². The summed E-state index contributed by atoms with van der Waals surface area (Å²) in [6, 6.07) is 5.78. The van der Waals surface area contributed by atoms with Gasteiger partial charge in [0.25, 0.3) is 0 Å². The van der Waals surface area contributed by atoms with E-state index in [1.54, 1.807) is 0 Å². The van der Waals surface area contributed by atoms with Crippen molar-refractivity contribution in [3.63, 3.8) is 0 Å². The maximum absolute atomic E-state index is 12.3. The average molecular weight is 285 g/mol. The summed E-state index contributed by atoms with van der Waals surface area (Å²) in [4.78, 5) is 12.3. The maximum atomic E-state index is 12.3. The Morgan fingerprint density at radius 1 is 1.43 bits per heavy atom. The van der Waals surface area contributed by atoms with Crippen molar-refractivity contribution in [2.45, 2.75) is 39.5 Å². The zero-order chi connectivity index (χ0) is 15.2. The molecule has 1 fully saturated rings. The Kier molecular flexibility index (Phi) is 5.41. The van der Waals surface area contributed by atoms with Gasteiger partial charge in [-0.15, -0.1) is 0 Å². The molecule has 112 valence electrons. The quantitative estimate of drug-likeness (QED) is 0.838. The summed E-state index contributed by atoms with van der Waals surface area (Å²) in [7, 11) is 0. The molecule has 1 saturated carbocycles. The van der Waals surface area contributed by atoms with E-state index in [4.69, 9.17) is 5.11 Å². The molecule has 21 heavy (non-hydrogen) atoms. The Labute approximate surface area is 126 Å². The number of rotatable bonds is 3. The summed E-state index contributed by atoms with van der Waals surface area (Å²) in [5.41, 5.74) is 2.82. The predicted octanol–water partition coefficient (Wildman–Crippen LogP) is 3.10. The Hall–Kier alpha value is -1.79. The van der Waals surface area contributed by atoms with Crippen molar-refractivity contribution in [1.29, 1.82) is 0 Å². The minimum atomic E-state index is 0.0831. The fraction of sp³-hybridized carbons (Fsp3) is 0.500. The van der Waals surface area contributed by atoms with Gasteiger partial charge < -0.3 is 10.4 Å². The van der Waals surface area contributed by atoms with Crippen LogP contribution in [0.2, 0.25) is 0 Å². The first kappa shape index (κ1) is 15.6. The minimum absolute atomic E-state index is 0.0831. The number of aliphatic hydroxyl groups is 1. The van der Waals surface area contributed by atoms with Gasteiger partial charge in [0, 0.05) is 23.6 Å². The molecule has 0 aromatic heterocycles. The SMILES string of the molecule is Cc1cc(NC(=O)C2CCCC2C)ccc1C#CCCO. The van der Waals surface area contributed by atoms with Gasteiger partial charge in [-0.2, -0.15) is 0 Å². The molecule has 1 aromatic carbocycles. The van der Waals surface area contributed by atoms with Crippen LogP contribution in [0.4, 0.5) is 5.69 Å². The van der Waals surface area contributed by atoms with Gasteiger partial charge in [0.15, 0.2) is 0 Å². The molecule has 2 unspecified atom stereocenters. The number of aryl methyl sites for hydroxylation is 1. The highest BCUT2D eigenvalue weighted by Crippen LogP contribution is 2.32. The third-order valence-corrected chi connectivity index (χ3v) is 4.15. The lowest BCUT2D eigenvalue weighted by molar-refractivity contribution is -0.120. The van der Waals surface area contributed by atoms with E-state index in [9.17, 15) is 4.79 Å². The number of amides is 1. The molecule has 0 saturated heterocycles. The molecule has 1 aliphatic carbocycles. The number of benzene rings is 1. The van der Waals surface area contributed by atoms with Crippen molar-refractivity contribution in [2.75, 3.05) is 11.9 Å². The van der Waals surface area contributed by atoms with E-state index in [1.807, 2.05) is 25.1 Å². The Balaban J connectivity index is 2.03. The number of carbonyl (C=O) groups is 1. The van der Waals surface area contributed by atoms with Crippen LogP contribution in [0.15, 0.2) is 18.2 Å². The molecule has 0 spiro atoms. The lowest BCUT2D eigenvalue weighted by Gasteiger charge is -2.15. The van der Waals surface area contributed by atoms with Crippen LogP contribution in [-0.4, -0.2) is 17.6 Å². The number of anilines is 1. The molecule has 2 N–H and O–H groups in total. The van der Waals surface area contributed by atoms with Crippen molar-refractivity contribution in [3.8, 4) is 11.8 Å². The molecule has 0 heterocycles. The summed E-state index contributed by atoms with van der Waals surface area (Å²) in [5.74, 6) is 6.72. The molecule has 2 atom stereocenters. The van der Waals surface area contributed by atoms with Crippen LogP contribution in [0.5, 0.6) is 0 Å². The number of nitrogens with one attached hydrogen (secondary N) is 1. The zero-order valence-corrected chi connectivity index (χ0v) is 12.8. The van der Waals surface area contributed by atoms with Crippen LogP contribution in [0.3, 0.4) is 0 Å². The fourth-order valence-corrected chi connectivity index (χ4v) is 2.87. The first-order chi connectivity index (χ1) is 10.1. The minimum Gasteiger partial charge on any atom is -0.395 e. The molecule has 2 rings (SSSR count). The van der Waals surface area contributed by atoms with E-state index in [2.05, 4.69) is 24.1 Å². The second-order valence-electron chi connectivity index (χ2n) is 5.81. The average Bonchev–Trinajstić information content (AvgIpc) is 2.88. The van der Waals surface area contributed by atoms with Crippen LogP contribution in [0.1, 0.15) is 43.7 Å². The number of hydrogen-bond acceptors (Lipinski definition) is 2. The highest BCUT2D eigenvalue weighted by Gasteiger charge is 2.29. The number of carbonyl (C=O) groups excluding carboxylic acids is 1. The molecule has 3 heteroatoms. The monoisotopic (exact) mass is 285 g/mol. The lowest BCUT2D eigenvalue weighted by atomic mass is 9.97. The van der Waals surface area contributed by atoms with E-state index >= 15 is 0 Å². The number of hydrogen-bond donors (Lipinski definition) is 2. The van der Waals surface area contributed by atoms with E-state index in [0.717, 1.165) is 36.1 Å². The van der Waals surface area contributed by atoms with E-state index < -0.39 is 0 Å². The van der Waals surface area contributed by atoms with Gasteiger partial charge >= 0.3 is 0 Å². The molecule has 0 radical (unpaired) electrons. The van der Waals surface area contributed by atoms with Crippen LogP contribution in [0.25, 0.3) is 0 Å². The van der Waals surface area contributed by atoms with Crippen LogP contribution >= 0.6 is 0 Å². The maximum Gasteiger partial charge on any atom is 0.227 e. The third-order valence-electron chi connectivity index (χ3n) is 4.15. The van der Waals surface area contributed by atoms with Crippen molar-refractivity contribution in [2.24, 2.45) is 11.8 Å². The highest BCUT2D eigenvalue weighted by atomic mass is 16.2. The second kappa shape index (κ2) is 7.28. The molecule has 3 nitrogen and oxygen atoms in total. The van der Waals surface area contributed by atoms with Crippen LogP contribution in [-0.2, 0) is 4.79 Å². The molecular formula is C18H23NO2. The van der Waals surface area contributed by atoms with E-state index in [0.29, 0.717) is 12.3 Å². The standard InChI is InChI=1S/C18H23NO2/c1-13-6-5-8-17(13)18(21)19-16-10-9-15(14(2)12-16)7-3-4-11-20/h9-10,12-13,17,20H,4-6,8,11H2,1-2H3,(H,19,21). The molecule has 1 amide bonds.